The molecule has 2 fully saturated rings. The fourth-order valence-corrected chi connectivity index (χ4v) is 6.59. The summed E-state index contributed by atoms with van der Waals surface area (Å²) in [7, 11) is 1.86. The van der Waals surface area contributed by atoms with Gasteiger partial charge in [0.1, 0.15) is 22.5 Å². The van der Waals surface area contributed by atoms with E-state index >= 15 is 4.39 Å². The van der Waals surface area contributed by atoms with E-state index in [-0.39, 0.29) is 23.5 Å². The molecule has 1 aromatic carbocycles. The fourth-order valence-electron chi connectivity index (χ4n) is 5.74. The Morgan fingerprint density at radius 3 is 2.55 bits per heavy atom. The van der Waals surface area contributed by atoms with E-state index in [9.17, 15) is 14.4 Å². The lowest BCUT2D eigenvalue weighted by atomic mass is 9.98. The van der Waals surface area contributed by atoms with Crippen LogP contribution in [0.5, 0.6) is 0 Å². The third-order valence-corrected chi connectivity index (χ3v) is 9.08. The molecule has 2 aliphatic heterocycles. The Labute approximate surface area is 246 Å². The number of hydrogen-bond donors (Lipinski definition) is 0. The van der Waals surface area contributed by atoms with Crippen LogP contribution in [0.3, 0.4) is 0 Å². The number of nitrogens with zero attached hydrogens (tertiary/aromatic N) is 7. The predicted molar refractivity (Wildman–Crippen MR) is 157 cm³/mol. The summed E-state index contributed by atoms with van der Waals surface area (Å²) >= 11 is 1.24. The minimum atomic E-state index is -0.384. The van der Waals surface area contributed by atoms with Crippen LogP contribution in [0.15, 0.2) is 36.5 Å². The van der Waals surface area contributed by atoms with Crippen molar-refractivity contribution in [2.75, 3.05) is 56.2 Å². The maximum atomic E-state index is 15.5. The average Bonchev–Trinajstić information content (AvgIpc) is 3.62. The van der Waals surface area contributed by atoms with Crippen molar-refractivity contribution >= 4 is 39.3 Å². The fraction of sp³-hybridized carbons (Fsp3) is 0.400. The van der Waals surface area contributed by atoms with Crippen molar-refractivity contribution in [3.05, 3.63) is 58.7 Å². The van der Waals surface area contributed by atoms with Gasteiger partial charge in [-0.3, -0.25) is 4.79 Å². The van der Waals surface area contributed by atoms with Crippen molar-refractivity contribution in [2.45, 2.75) is 26.2 Å². The van der Waals surface area contributed by atoms with Crippen molar-refractivity contribution in [3.63, 3.8) is 0 Å². The monoisotopic (exact) mass is 591 g/mol. The molecule has 12 heteroatoms. The molecule has 0 N–H and O–H groups in total. The molecule has 9 nitrogen and oxygen atoms in total. The van der Waals surface area contributed by atoms with Crippen LogP contribution in [0.4, 0.5) is 25.3 Å². The van der Waals surface area contributed by atoms with E-state index in [2.05, 4.69) is 11.2 Å². The third-order valence-electron chi connectivity index (χ3n) is 8.04. The summed E-state index contributed by atoms with van der Waals surface area (Å²) in [5.41, 5.74) is 3.84. The van der Waals surface area contributed by atoms with Gasteiger partial charge in [0, 0.05) is 57.9 Å². The molecule has 3 aromatic heterocycles. The summed E-state index contributed by atoms with van der Waals surface area (Å²) in [6, 6.07) is 9.92. The number of thiazole rings is 1. The summed E-state index contributed by atoms with van der Waals surface area (Å²) in [4.78, 5) is 23.9. The van der Waals surface area contributed by atoms with Crippen molar-refractivity contribution in [1.82, 2.24) is 19.5 Å². The summed E-state index contributed by atoms with van der Waals surface area (Å²) in [6.45, 7) is 5.36. The molecule has 0 atom stereocenters. The number of carbonyl (C=O) groups excluding carboxylic acids is 1. The average molecular weight is 592 g/mol. The van der Waals surface area contributed by atoms with E-state index in [0.29, 0.717) is 78.3 Å². The molecule has 0 spiro atoms. The summed E-state index contributed by atoms with van der Waals surface area (Å²) in [5, 5.41) is 15.0. The number of rotatable bonds is 6. The number of carbonyl (C=O) groups is 1. The highest BCUT2D eigenvalue weighted by Gasteiger charge is 2.30. The van der Waals surface area contributed by atoms with Crippen LogP contribution >= 0.6 is 11.3 Å². The van der Waals surface area contributed by atoms with Gasteiger partial charge in [0.15, 0.2) is 10.9 Å². The zero-order chi connectivity index (χ0) is 29.4. The van der Waals surface area contributed by atoms with Gasteiger partial charge in [-0.1, -0.05) is 18.3 Å². The number of halogens is 2. The van der Waals surface area contributed by atoms with Crippen molar-refractivity contribution in [1.29, 1.82) is 5.26 Å². The van der Waals surface area contributed by atoms with Crippen LogP contribution in [0.2, 0.25) is 0 Å². The number of hydrogen-bond acceptors (Lipinski definition) is 8. The SMILES string of the molecule is CCc1nn2cc(F)c(N3CCN(C(=O)C4CCOCC4)CC3)cc2c1N(C)c1nc(-c2ccc(F)cc2)c(C#N)s1. The molecular weight excluding hydrogens is 560 g/mol. The van der Waals surface area contributed by atoms with E-state index < -0.39 is 0 Å². The first-order valence-electron chi connectivity index (χ1n) is 14.1. The molecule has 6 rings (SSSR count). The number of piperazine rings is 1. The van der Waals surface area contributed by atoms with Gasteiger partial charge in [-0.15, -0.1) is 0 Å². The second kappa shape index (κ2) is 11.7. The van der Waals surface area contributed by atoms with Crippen molar-refractivity contribution in [3.8, 4) is 17.3 Å². The van der Waals surface area contributed by atoms with Crippen molar-refractivity contribution < 1.29 is 18.3 Å². The summed E-state index contributed by atoms with van der Waals surface area (Å²) in [5.74, 6) is -0.571. The predicted octanol–water partition coefficient (Wildman–Crippen LogP) is 5.01. The Morgan fingerprint density at radius 2 is 1.88 bits per heavy atom. The Morgan fingerprint density at radius 1 is 1.17 bits per heavy atom. The molecule has 2 saturated heterocycles. The molecule has 0 aliphatic carbocycles. The number of anilines is 3. The lowest BCUT2D eigenvalue weighted by Gasteiger charge is -2.38. The summed E-state index contributed by atoms with van der Waals surface area (Å²) in [6.07, 6.45) is 3.50. The highest BCUT2D eigenvalue weighted by molar-refractivity contribution is 7.16. The lowest BCUT2D eigenvalue weighted by Crippen LogP contribution is -2.51. The number of aromatic nitrogens is 3. The molecule has 0 unspecified atom stereocenters. The van der Waals surface area contributed by atoms with E-state index in [1.54, 1.807) is 16.6 Å². The number of pyridine rings is 1. The Bertz CT molecular complexity index is 1650. The molecule has 218 valence electrons. The normalized spacial score (nSPS) is 16.2. The molecule has 0 bridgehead atoms. The van der Waals surface area contributed by atoms with Crippen LogP contribution in [0, 0.1) is 28.9 Å². The molecule has 2 aliphatic rings. The standard InChI is InChI=1S/C30H31F2N7O2S/c1-3-23-28(36(2)30-34-27(26(17-33)42-30)19-4-6-21(31)7-5-19)25-16-24(22(32)18-39(25)35-23)37-10-12-38(13-11-37)29(40)20-8-14-41-15-9-20/h4-7,16,18,20H,3,8-15H2,1-2H3. The highest BCUT2D eigenvalue weighted by atomic mass is 32.1. The third kappa shape index (κ3) is 5.18. The Balaban J connectivity index is 1.29. The number of fused-ring (bicyclic) bond motifs is 1. The van der Waals surface area contributed by atoms with E-state index in [0.717, 1.165) is 24.2 Å². The van der Waals surface area contributed by atoms with Crippen LogP contribution in [0.25, 0.3) is 16.8 Å². The Hall–Kier alpha value is -4.08. The van der Waals surface area contributed by atoms with Crippen LogP contribution in [-0.4, -0.2) is 71.8 Å². The summed E-state index contributed by atoms with van der Waals surface area (Å²) < 4.78 is 35.9. The Kier molecular flexibility index (Phi) is 7.79. The molecular formula is C30H31F2N7O2S. The van der Waals surface area contributed by atoms with E-state index in [4.69, 9.17) is 9.72 Å². The van der Waals surface area contributed by atoms with E-state index in [1.165, 1.54) is 29.7 Å². The first kappa shape index (κ1) is 28.1. The van der Waals surface area contributed by atoms with E-state index in [1.807, 2.05) is 34.7 Å². The quantitative estimate of drug-likeness (QED) is 0.311. The molecule has 4 aromatic rings. The van der Waals surface area contributed by atoms with Crippen LogP contribution in [-0.2, 0) is 16.0 Å². The lowest BCUT2D eigenvalue weighted by molar-refractivity contribution is -0.138. The maximum Gasteiger partial charge on any atom is 0.225 e. The zero-order valence-corrected chi connectivity index (χ0v) is 24.3. The number of benzene rings is 1. The maximum absolute atomic E-state index is 15.5. The number of ether oxygens (including phenoxy) is 1. The van der Waals surface area contributed by atoms with Gasteiger partial charge in [-0.2, -0.15) is 10.4 Å². The van der Waals surface area contributed by atoms with Crippen LogP contribution < -0.4 is 9.80 Å². The molecule has 0 saturated carbocycles. The van der Waals surface area contributed by atoms with Gasteiger partial charge in [-0.05, 0) is 49.6 Å². The largest absolute Gasteiger partial charge is 0.381 e. The second-order valence-corrected chi connectivity index (χ2v) is 11.5. The molecule has 5 heterocycles. The molecule has 0 radical (unpaired) electrons. The highest BCUT2D eigenvalue weighted by Crippen LogP contribution is 2.39. The van der Waals surface area contributed by atoms with Gasteiger partial charge in [0.2, 0.25) is 5.91 Å². The smallest absolute Gasteiger partial charge is 0.225 e. The van der Waals surface area contributed by atoms with Gasteiger partial charge in [0.25, 0.3) is 0 Å². The molecule has 1 amide bonds. The minimum absolute atomic E-state index is 0.00623. The first-order chi connectivity index (χ1) is 20.4. The van der Waals surface area contributed by atoms with Crippen LogP contribution in [0.1, 0.15) is 30.3 Å². The van der Waals surface area contributed by atoms with Gasteiger partial charge < -0.3 is 19.4 Å². The second-order valence-electron chi connectivity index (χ2n) is 10.5. The van der Waals surface area contributed by atoms with Gasteiger partial charge in [0.05, 0.1) is 28.8 Å². The number of nitriles is 1. The topological polar surface area (TPSA) is 90.0 Å². The minimum Gasteiger partial charge on any atom is -0.381 e. The number of aryl methyl sites for hydroxylation is 1. The number of amides is 1. The van der Waals surface area contributed by atoms with Crippen molar-refractivity contribution in [2.24, 2.45) is 5.92 Å². The van der Waals surface area contributed by atoms with Gasteiger partial charge in [-0.25, -0.2) is 18.3 Å². The zero-order valence-electron chi connectivity index (χ0n) is 23.5. The van der Waals surface area contributed by atoms with Gasteiger partial charge >= 0.3 is 0 Å². The molecule has 42 heavy (non-hydrogen) atoms. The first-order valence-corrected chi connectivity index (χ1v) is 14.9.